The zero-order valence-corrected chi connectivity index (χ0v) is 9.50. The van der Waals surface area contributed by atoms with Crippen molar-refractivity contribution >= 4 is 15.9 Å². The molecule has 1 aromatic carbocycles. The summed E-state index contributed by atoms with van der Waals surface area (Å²) in [6, 6.07) is 8.37. The normalized spacial score (nSPS) is 17.5. The van der Waals surface area contributed by atoms with Gasteiger partial charge in [0.25, 0.3) is 0 Å². The number of aryl methyl sites for hydroxylation is 1. The second-order valence-electron chi connectivity index (χ2n) is 3.34. The molecule has 1 saturated heterocycles. The molecule has 1 aliphatic heterocycles. The van der Waals surface area contributed by atoms with Gasteiger partial charge in [-0.15, -0.1) is 0 Å². The molecule has 0 aromatic heterocycles. The lowest BCUT2D eigenvalue weighted by atomic mass is 10.1. The van der Waals surface area contributed by atoms with Gasteiger partial charge in [-0.05, 0) is 24.1 Å². The van der Waals surface area contributed by atoms with Gasteiger partial charge in [-0.2, -0.15) is 0 Å². The van der Waals surface area contributed by atoms with Crippen LogP contribution in [0.2, 0.25) is 0 Å². The minimum atomic E-state index is 0.0126. The summed E-state index contributed by atoms with van der Waals surface area (Å²) in [5.41, 5.74) is 1.33. The van der Waals surface area contributed by atoms with Crippen molar-refractivity contribution < 1.29 is 9.47 Å². The minimum absolute atomic E-state index is 0.0126. The van der Waals surface area contributed by atoms with Crippen LogP contribution in [0.25, 0.3) is 0 Å². The van der Waals surface area contributed by atoms with E-state index in [4.69, 9.17) is 9.47 Å². The first-order valence-corrected chi connectivity index (χ1v) is 5.61. The van der Waals surface area contributed by atoms with Crippen molar-refractivity contribution in [3.8, 4) is 0 Å². The third kappa shape index (κ3) is 2.80. The van der Waals surface area contributed by atoms with Crippen molar-refractivity contribution in [3.63, 3.8) is 0 Å². The number of ether oxygens (including phenoxy) is 2. The van der Waals surface area contributed by atoms with E-state index in [1.807, 2.05) is 0 Å². The van der Waals surface area contributed by atoms with Crippen LogP contribution >= 0.6 is 15.9 Å². The molecule has 1 fully saturated rings. The van der Waals surface area contributed by atoms with Gasteiger partial charge in [-0.3, -0.25) is 0 Å². The van der Waals surface area contributed by atoms with Crippen LogP contribution in [0.5, 0.6) is 0 Å². The summed E-state index contributed by atoms with van der Waals surface area (Å²) in [7, 11) is 0. The van der Waals surface area contributed by atoms with E-state index in [0.717, 1.165) is 30.5 Å². The highest BCUT2D eigenvalue weighted by Gasteiger charge is 2.14. The topological polar surface area (TPSA) is 18.5 Å². The van der Waals surface area contributed by atoms with Crippen LogP contribution in [0.3, 0.4) is 0 Å². The van der Waals surface area contributed by atoms with Crippen LogP contribution in [0.15, 0.2) is 28.7 Å². The average Bonchev–Trinajstić information content (AvgIpc) is 2.70. The fourth-order valence-corrected chi connectivity index (χ4v) is 1.77. The molecule has 0 amide bonds. The first kappa shape index (κ1) is 10.1. The van der Waals surface area contributed by atoms with E-state index < -0.39 is 0 Å². The van der Waals surface area contributed by atoms with Crippen LogP contribution in [-0.2, 0) is 15.9 Å². The van der Waals surface area contributed by atoms with Gasteiger partial charge in [0, 0.05) is 10.9 Å². The Morgan fingerprint density at radius 2 is 1.79 bits per heavy atom. The van der Waals surface area contributed by atoms with Crippen molar-refractivity contribution in [1.29, 1.82) is 0 Å². The number of rotatable bonds is 3. The molecular formula is C11H13BrO2. The summed E-state index contributed by atoms with van der Waals surface area (Å²) < 4.78 is 11.9. The molecule has 0 spiro atoms. The Morgan fingerprint density at radius 3 is 2.43 bits per heavy atom. The van der Waals surface area contributed by atoms with Crippen molar-refractivity contribution in [2.24, 2.45) is 0 Å². The molecule has 0 unspecified atom stereocenters. The number of hydrogen-bond donors (Lipinski definition) is 0. The zero-order valence-electron chi connectivity index (χ0n) is 7.91. The maximum Gasteiger partial charge on any atom is 0.158 e. The Kier molecular flexibility index (Phi) is 3.56. The quantitative estimate of drug-likeness (QED) is 0.828. The summed E-state index contributed by atoms with van der Waals surface area (Å²) in [5, 5.41) is 0. The average molecular weight is 257 g/mol. The molecule has 76 valence electrons. The lowest BCUT2D eigenvalue weighted by Crippen LogP contribution is -2.08. The fraction of sp³-hybridized carbons (Fsp3) is 0.455. The molecule has 2 rings (SSSR count). The molecule has 3 heteroatoms. The number of hydrogen-bond acceptors (Lipinski definition) is 2. The van der Waals surface area contributed by atoms with Crippen LogP contribution < -0.4 is 0 Å². The SMILES string of the molecule is Brc1ccc(CCC2OCCO2)cc1. The predicted octanol–water partition coefficient (Wildman–Crippen LogP) is 2.75. The van der Waals surface area contributed by atoms with E-state index in [1.54, 1.807) is 0 Å². The van der Waals surface area contributed by atoms with Gasteiger partial charge in [-0.1, -0.05) is 28.1 Å². The molecule has 0 saturated carbocycles. The van der Waals surface area contributed by atoms with Crippen molar-refractivity contribution in [3.05, 3.63) is 34.3 Å². The molecule has 1 aromatic rings. The molecule has 0 aliphatic carbocycles. The van der Waals surface area contributed by atoms with Crippen LogP contribution in [0, 0.1) is 0 Å². The summed E-state index contributed by atoms with van der Waals surface area (Å²) in [5.74, 6) is 0. The van der Waals surface area contributed by atoms with Crippen molar-refractivity contribution in [2.45, 2.75) is 19.1 Å². The zero-order chi connectivity index (χ0) is 9.80. The van der Waals surface area contributed by atoms with Crippen LogP contribution in [-0.4, -0.2) is 19.5 Å². The Hall–Kier alpha value is -0.380. The van der Waals surface area contributed by atoms with Gasteiger partial charge >= 0.3 is 0 Å². The third-order valence-electron chi connectivity index (χ3n) is 2.27. The van der Waals surface area contributed by atoms with Gasteiger partial charge in [0.2, 0.25) is 0 Å². The van der Waals surface area contributed by atoms with Gasteiger partial charge in [-0.25, -0.2) is 0 Å². The summed E-state index contributed by atoms with van der Waals surface area (Å²) >= 11 is 3.41. The third-order valence-corrected chi connectivity index (χ3v) is 2.80. The maximum absolute atomic E-state index is 5.37. The van der Waals surface area contributed by atoms with E-state index >= 15 is 0 Å². The first-order chi connectivity index (χ1) is 6.84. The maximum atomic E-state index is 5.37. The molecule has 0 N–H and O–H groups in total. The van der Waals surface area contributed by atoms with Crippen molar-refractivity contribution in [2.75, 3.05) is 13.2 Å². The van der Waals surface area contributed by atoms with E-state index in [9.17, 15) is 0 Å². The lowest BCUT2D eigenvalue weighted by Gasteiger charge is -2.08. The predicted molar refractivity (Wildman–Crippen MR) is 58.2 cm³/mol. The van der Waals surface area contributed by atoms with Gasteiger partial charge in [0.05, 0.1) is 13.2 Å². The van der Waals surface area contributed by atoms with E-state index in [1.165, 1.54) is 5.56 Å². The highest BCUT2D eigenvalue weighted by molar-refractivity contribution is 9.10. The molecule has 2 nitrogen and oxygen atoms in total. The van der Waals surface area contributed by atoms with Gasteiger partial charge < -0.3 is 9.47 Å². The summed E-state index contributed by atoms with van der Waals surface area (Å²) in [6.45, 7) is 1.48. The standard InChI is InChI=1S/C11H13BrO2/c12-10-4-1-9(2-5-10)3-6-11-13-7-8-14-11/h1-2,4-5,11H,3,6-8H2. The highest BCUT2D eigenvalue weighted by Crippen LogP contribution is 2.15. The second kappa shape index (κ2) is 4.91. The van der Waals surface area contributed by atoms with E-state index in [2.05, 4.69) is 40.2 Å². The summed E-state index contributed by atoms with van der Waals surface area (Å²) in [4.78, 5) is 0. The van der Waals surface area contributed by atoms with Gasteiger partial charge in [0.1, 0.15) is 0 Å². The second-order valence-corrected chi connectivity index (χ2v) is 4.25. The molecule has 0 atom stereocenters. The molecule has 0 radical (unpaired) electrons. The fourth-order valence-electron chi connectivity index (χ4n) is 1.51. The van der Waals surface area contributed by atoms with E-state index in [0.29, 0.717) is 0 Å². The van der Waals surface area contributed by atoms with Gasteiger partial charge in [0.15, 0.2) is 6.29 Å². The monoisotopic (exact) mass is 256 g/mol. The molecule has 1 aliphatic rings. The highest BCUT2D eigenvalue weighted by atomic mass is 79.9. The largest absolute Gasteiger partial charge is 0.350 e. The molecule has 0 bridgehead atoms. The molecule has 1 heterocycles. The Labute approximate surface area is 92.3 Å². The Balaban J connectivity index is 1.82. The molecule has 14 heavy (non-hydrogen) atoms. The van der Waals surface area contributed by atoms with Crippen LogP contribution in [0.4, 0.5) is 0 Å². The van der Waals surface area contributed by atoms with Crippen LogP contribution in [0.1, 0.15) is 12.0 Å². The number of halogens is 1. The molecular weight excluding hydrogens is 244 g/mol. The smallest absolute Gasteiger partial charge is 0.158 e. The lowest BCUT2D eigenvalue weighted by molar-refractivity contribution is -0.0461. The minimum Gasteiger partial charge on any atom is -0.350 e. The van der Waals surface area contributed by atoms with E-state index in [-0.39, 0.29) is 6.29 Å². The summed E-state index contributed by atoms with van der Waals surface area (Å²) in [6.07, 6.45) is 1.97. The Morgan fingerprint density at radius 1 is 1.14 bits per heavy atom. The van der Waals surface area contributed by atoms with Crippen molar-refractivity contribution in [1.82, 2.24) is 0 Å². The Bertz CT molecular complexity index is 278. The first-order valence-electron chi connectivity index (χ1n) is 4.82. The number of benzene rings is 1.